The molecule has 0 aliphatic heterocycles. The fraction of sp³-hybridized carbons (Fsp3) is 0.400. The second-order valence-corrected chi connectivity index (χ2v) is 4.15. The van der Waals surface area contributed by atoms with E-state index in [-0.39, 0.29) is 9.99 Å². The minimum absolute atomic E-state index is 0.0589. The molecule has 0 unspecified atom stereocenters. The highest BCUT2D eigenvalue weighted by Gasteiger charge is 2.73. The Kier molecular flexibility index (Phi) is 4.19. The lowest BCUT2D eigenvalue weighted by atomic mass is 9.93. The Morgan fingerprint density at radius 3 is 1.89 bits per heavy atom. The van der Waals surface area contributed by atoms with Crippen LogP contribution in [-0.2, 0) is 10.1 Å². The van der Waals surface area contributed by atoms with Crippen LogP contribution in [0.1, 0.15) is 11.1 Å². The van der Waals surface area contributed by atoms with E-state index in [4.69, 9.17) is 0 Å². The molecule has 8 heteroatoms. The van der Waals surface area contributed by atoms with Crippen molar-refractivity contribution < 1.29 is 30.7 Å². The van der Waals surface area contributed by atoms with Crippen molar-refractivity contribution in [3.05, 3.63) is 35.4 Å². The number of halogens is 8. The standard InChI is InChI=1S/C10H5F7I/c11-8(9(12,13)14,10(15,16)17)7-3-1-2-6(4-7)5-18/h1,3-4H,5H2. The zero-order valence-corrected chi connectivity index (χ0v) is 10.6. The fourth-order valence-electron chi connectivity index (χ4n) is 1.30. The van der Waals surface area contributed by atoms with Gasteiger partial charge in [-0.25, -0.2) is 4.39 Å². The summed E-state index contributed by atoms with van der Waals surface area (Å²) >= 11 is 1.72. The summed E-state index contributed by atoms with van der Waals surface area (Å²) in [4.78, 5) is 0. The zero-order valence-electron chi connectivity index (χ0n) is 8.46. The topological polar surface area (TPSA) is 0 Å². The molecular formula is C10H5F7I. The Morgan fingerprint density at radius 2 is 1.50 bits per heavy atom. The highest BCUT2D eigenvalue weighted by Crippen LogP contribution is 2.53. The molecule has 1 aromatic rings. The van der Waals surface area contributed by atoms with Crippen molar-refractivity contribution in [2.75, 3.05) is 0 Å². The van der Waals surface area contributed by atoms with Gasteiger partial charge in [0.25, 0.3) is 0 Å². The highest BCUT2D eigenvalue weighted by molar-refractivity contribution is 14.1. The van der Waals surface area contributed by atoms with Gasteiger partial charge in [0.05, 0.1) is 0 Å². The lowest BCUT2D eigenvalue weighted by Gasteiger charge is -2.30. The second kappa shape index (κ2) is 4.86. The SMILES string of the molecule is FC(F)(F)C(F)(c1cc[c]c(CI)c1)C(F)(F)F. The van der Waals surface area contributed by atoms with Gasteiger partial charge in [-0.2, -0.15) is 26.3 Å². The third-order valence-corrected chi connectivity index (χ3v) is 3.01. The van der Waals surface area contributed by atoms with E-state index in [1.54, 1.807) is 22.6 Å². The van der Waals surface area contributed by atoms with Gasteiger partial charge in [-0.1, -0.05) is 40.8 Å². The second-order valence-electron chi connectivity index (χ2n) is 3.39. The van der Waals surface area contributed by atoms with Crippen molar-refractivity contribution in [2.45, 2.75) is 22.4 Å². The molecule has 1 radical (unpaired) electrons. The van der Waals surface area contributed by atoms with Crippen LogP contribution in [0.5, 0.6) is 0 Å². The molecule has 0 spiro atoms. The van der Waals surface area contributed by atoms with Gasteiger partial charge in [0.2, 0.25) is 0 Å². The van der Waals surface area contributed by atoms with Crippen LogP contribution in [0.25, 0.3) is 0 Å². The molecule has 0 saturated heterocycles. The molecule has 0 bridgehead atoms. The minimum atomic E-state index is -6.07. The summed E-state index contributed by atoms with van der Waals surface area (Å²) in [6.45, 7) is 0. The number of hydrogen-bond donors (Lipinski definition) is 0. The van der Waals surface area contributed by atoms with E-state index in [2.05, 4.69) is 6.07 Å². The molecular weight excluding hydrogens is 380 g/mol. The molecule has 1 aromatic carbocycles. The Labute approximate surface area is 111 Å². The van der Waals surface area contributed by atoms with E-state index in [1.165, 1.54) is 0 Å². The lowest BCUT2D eigenvalue weighted by Crippen LogP contribution is -2.50. The van der Waals surface area contributed by atoms with Crippen LogP contribution in [0.4, 0.5) is 30.7 Å². The van der Waals surface area contributed by atoms with E-state index >= 15 is 0 Å². The van der Waals surface area contributed by atoms with Gasteiger partial charge in [-0.05, 0) is 11.6 Å². The Hall–Kier alpha value is -0.540. The molecule has 0 aliphatic carbocycles. The van der Waals surface area contributed by atoms with E-state index in [0.29, 0.717) is 12.1 Å². The van der Waals surface area contributed by atoms with Crippen LogP contribution in [0.15, 0.2) is 18.2 Å². The Morgan fingerprint density at radius 1 is 1.00 bits per heavy atom. The molecule has 0 heterocycles. The van der Waals surface area contributed by atoms with Gasteiger partial charge in [0, 0.05) is 9.99 Å². The summed E-state index contributed by atoms with van der Waals surface area (Å²) in [5.74, 6) is 0. The number of benzene rings is 1. The largest absolute Gasteiger partial charge is 0.435 e. The summed E-state index contributed by atoms with van der Waals surface area (Å²) in [5.41, 5.74) is -6.79. The average Bonchev–Trinajstić information content (AvgIpc) is 2.25. The number of alkyl halides is 8. The maximum Gasteiger partial charge on any atom is 0.435 e. The highest BCUT2D eigenvalue weighted by atomic mass is 127. The number of rotatable bonds is 2. The van der Waals surface area contributed by atoms with E-state index in [0.717, 1.165) is 6.07 Å². The van der Waals surface area contributed by atoms with Gasteiger partial charge < -0.3 is 0 Å². The van der Waals surface area contributed by atoms with Gasteiger partial charge in [-0.15, -0.1) is 0 Å². The quantitative estimate of drug-likeness (QED) is 0.393. The van der Waals surface area contributed by atoms with Crippen molar-refractivity contribution in [3.8, 4) is 0 Å². The molecule has 0 amide bonds. The van der Waals surface area contributed by atoms with Crippen LogP contribution in [0.2, 0.25) is 0 Å². The summed E-state index contributed by atoms with van der Waals surface area (Å²) in [6, 6.07) is 4.22. The predicted molar refractivity (Wildman–Crippen MR) is 57.9 cm³/mol. The van der Waals surface area contributed by atoms with Gasteiger partial charge >= 0.3 is 18.0 Å². The van der Waals surface area contributed by atoms with E-state index < -0.39 is 23.6 Å². The summed E-state index contributed by atoms with van der Waals surface area (Å²) in [6.07, 6.45) is -12.1. The van der Waals surface area contributed by atoms with Crippen molar-refractivity contribution in [1.29, 1.82) is 0 Å². The molecule has 0 fully saturated rings. The first kappa shape index (κ1) is 15.5. The Balaban J connectivity index is 3.45. The van der Waals surface area contributed by atoms with E-state index in [9.17, 15) is 30.7 Å². The smallest absolute Gasteiger partial charge is 0.218 e. The molecule has 0 aromatic heterocycles. The van der Waals surface area contributed by atoms with Crippen LogP contribution < -0.4 is 0 Å². The monoisotopic (exact) mass is 385 g/mol. The molecule has 1 rings (SSSR count). The molecule has 0 aliphatic rings. The Bertz CT molecular complexity index is 407. The van der Waals surface area contributed by atoms with Crippen molar-refractivity contribution >= 4 is 22.6 Å². The predicted octanol–water partition coefficient (Wildman–Crippen LogP) is 4.71. The van der Waals surface area contributed by atoms with Gasteiger partial charge in [0.1, 0.15) is 0 Å². The first-order valence-electron chi connectivity index (χ1n) is 4.43. The van der Waals surface area contributed by atoms with E-state index in [1.807, 2.05) is 0 Å². The maximum absolute atomic E-state index is 13.6. The summed E-state index contributed by atoms with van der Waals surface area (Å²) in [7, 11) is 0. The summed E-state index contributed by atoms with van der Waals surface area (Å²) in [5, 5.41) is 0. The minimum Gasteiger partial charge on any atom is -0.218 e. The molecule has 0 atom stereocenters. The van der Waals surface area contributed by atoms with Gasteiger partial charge in [-0.3, -0.25) is 0 Å². The fourth-order valence-corrected chi connectivity index (χ4v) is 1.74. The van der Waals surface area contributed by atoms with Crippen molar-refractivity contribution in [3.63, 3.8) is 0 Å². The van der Waals surface area contributed by atoms with Crippen LogP contribution in [-0.4, -0.2) is 12.4 Å². The first-order valence-corrected chi connectivity index (χ1v) is 5.96. The van der Waals surface area contributed by atoms with Crippen LogP contribution >= 0.6 is 22.6 Å². The molecule has 0 saturated carbocycles. The third-order valence-electron chi connectivity index (χ3n) is 2.18. The first-order chi connectivity index (χ1) is 8.04. The zero-order chi connectivity index (χ0) is 14.2. The normalized spacial score (nSPS) is 13.8. The average molecular weight is 385 g/mol. The van der Waals surface area contributed by atoms with Crippen LogP contribution in [0, 0.1) is 6.07 Å². The number of hydrogen-bond acceptors (Lipinski definition) is 0. The van der Waals surface area contributed by atoms with Crippen LogP contribution in [0.3, 0.4) is 0 Å². The van der Waals surface area contributed by atoms with Gasteiger partial charge in [0.15, 0.2) is 0 Å². The molecule has 0 nitrogen and oxygen atoms in total. The third kappa shape index (κ3) is 2.57. The lowest BCUT2D eigenvalue weighted by molar-refractivity contribution is -0.348. The molecule has 0 N–H and O–H groups in total. The molecule has 18 heavy (non-hydrogen) atoms. The maximum atomic E-state index is 13.6. The molecule has 101 valence electrons. The van der Waals surface area contributed by atoms with Crippen molar-refractivity contribution in [2.24, 2.45) is 0 Å². The summed E-state index contributed by atoms with van der Waals surface area (Å²) < 4.78 is 88.2. The van der Waals surface area contributed by atoms with Crippen molar-refractivity contribution in [1.82, 2.24) is 0 Å².